The van der Waals surface area contributed by atoms with E-state index in [0.717, 1.165) is 113 Å². The summed E-state index contributed by atoms with van der Waals surface area (Å²) in [5, 5.41) is 2.02. The number of thioether (sulfide) groups is 2. The molecular weight excluding hydrogens is 976 g/mol. The largest absolute Gasteiger partial charge is 1.00 e. The average Bonchev–Trinajstić information content (AvgIpc) is 3.18. The Bertz CT molecular complexity index is 923. The summed E-state index contributed by atoms with van der Waals surface area (Å²) >= 11 is 13.5. The predicted molar refractivity (Wildman–Crippen MR) is 247 cm³/mol. The van der Waals surface area contributed by atoms with E-state index in [1.54, 1.807) is 13.8 Å². The zero-order valence-corrected chi connectivity index (χ0v) is 46.3. The third kappa shape index (κ3) is 43.8. The summed E-state index contributed by atoms with van der Waals surface area (Å²) in [6.45, 7) is 18.3. The molecule has 0 radical (unpaired) electrons. The fourth-order valence-corrected chi connectivity index (χ4v) is 7.62. The van der Waals surface area contributed by atoms with E-state index in [-0.39, 0.29) is 91.9 Å². The van der Waals surface area contributed by atoms with Gasteiger partial charge in [0, 0.05) is 41.1 Å². The molecule has 0 heterocycles. The number of hydrogen-bond donors (Lipinski definition) is 0. The quantitative estimate of drug-likeness (QED) is 0.0239. The van der Waals surface area contributed by atoms with Gasteiger partial charge in [-0.3, -0.25) is 9.59 Å². The first-order chi connectivity index (χ1) is 27.7. The molecule has 0 saturated heterocycles. The molecule has 344 valence electrons. The van der Waals surface area contributed by atoms with E-state index in [0.29, 0.717) is 36.9 Å². The molecule has 4 atom stereocenters. The number of alkyl halides is 2. The standard InChI is InChI=1S/C22H40O6S2.C18H34Br2O4.C2H4OS.K/c1-17(23)29-13-5-11-25-19(3)27-15-21-7-9-22(10-8-21)16-28-20(4)26-12-6-14-30-18(2)24;1-15(21-11-3-9-19)23-13-17-5-7-18(8-6-17)14-24-16(2)22-12-4-10-20;1-2(3)4;/h19-22H,5-16H2,1-4H3;15-18H,3-14H2,1-2H3;1H3,(H,3,4);/q;;;+1/p-1. The number of halogens is 2. The van der Waals surface area contributed by atoms with Crippen molar-refractivity contribution < 1.29 is 104 Å². The summed E-state index contributed by atoms with van der Waals surface area (Å²) < 4.78 is 45.9. The molecule has 2 aliphatic carbocycles. The van der Waals surface area contributed by atoms with Crippen LogP contribution in [0.1, 0.15) is 126 Å². The number of carbonyl (C=O) groups excluding carboxylic acids is 3. The second-order valence-electron chi connectivity index (χ2n) is 14.8. The number of carbonyl (C=O) groups is 3. The molecule has 0 aromatic heterocycles. The Kier molecular flexibility index (Phi) is 47.3. The Morgan fingerprint density at radius 1 is 0.492 bits per heavy atom. The molecule has 0 spiro atoms. The van der Waals surface area contributed by atoms with Gasteiger partial charge in [-0.1, -0.05) is 55.4 Å². The van der Waals surface area contributed by atoms with Crippen molar-refractivity contribution in [3.05, 3.63) is 0 Å². The van der Waals surface area contributed by atoms with Gasteiger partial charge in [-0.2, -0.15) is 0 Å². The van der Waals surface area contributed by atoms with Crippen molar-refractivity contribution in [1.82, 2.24) is 0 Å². The van der Waals surface area contributed by atoms with E-state index in [9.17, 15) is 14.4 Å². The number of rotatable bonds is 30. The summed E-state index contributed by atoms with van der Waals surface area (Å²) in [5.74, 6) is 4.11. The van der Waals surface area contributed by atoms with E-state index < -0.39 is 0 Å². The van der Waals surface area contributed by atoms with Crippen LogP contribution in [0.3, 0.4) is 0 Å². The van der Waals surface area contributed by atoms with Crippen LogP contribution in [0.2, 0.25) is 0 Å². The van der Waals surface area contributed by atoms with Crippen molar-refractivity contribution in [2.45, 2.75) is 151 Å². The van der Waals surface area contributed by atoms with Crippen molar-refractivity contribution in [3.63, 3.8) is 0 Å². The molecule has 0 aromatic carbocycles. The Balaban J connectivity index is 0. The average molecular weight is 1050 g/mol. The van der Waals surface area contributed by atoms with Gasteiger partial charge in [0.2, 0.25) is 0 Å². The van der Waals surface area contributed by atoms with Crippen molar-refractivity contribution in [3.8, 4) is 0 Å². The second kappa shape index (κ2) is 44.1. The van der Waals surface area contributed by atoms with Crippen LogP contribution in [0, 0.1) is 23.7 Å². The van der Waals surface area contributed by atoms with Gasteiger partial charge in [-0.05, 0) is 135 Å². The molecule has 59 heavy (non-hydrogen) atoms. The first-order valence-corrected chi connectivity index (χ1v) is 25.9. The van der Waals surface area contributed by atoms with Gasteiger partial charge >= 0.3 is 51.4 Å². The Labute approximate surface area is 431 Å². The molecule has 17 heteroatoms. The van der Waals surface area contributed by atoms with Crippen LogP contribution in [0.15, 0.2) is 0 Å². The molecule has 2 fully saturated rings. The van der Waals surface area contributed by atoms with Gasteiger partial charge in [-0.15, -0.1) is 0 Å². The van der Waals surface area contributed by atoms with Crippen molar-refractivity contribution in [2.24, 2.45) is 23.7 Å². The zero-order valence-electron chi connectivity index (χ0n) is 37.6. The fraction of sp³-hybridized carbons (Fsp3) is 0.929. The molecule has 0 bridgehead atoms. The summed E-state index contributed by atoms with van der Waals surface area (Å²) in [5.41, 5.74) is 0. The van der Waals surface area contributed by atoms with E-state index in [4.69, 9.17) is 37.9 Å². The van der Waals surface area contributed by atoms with Crippen LogP contribution < -0.4 is 51.4 Å². The maximum absolute atomic E-state index is 10.9. The first-order valence-electron chi connectivity index (χ1n) is 21.2. The Morgan fingerprint density at radius 2 is 0.712 bits per heavy atom. The van der Waals surface area contributed by atoms with Crippen LogP contribution in [-0.4, -0.2) is 116 Å². The zero-order chi connectivity index (χ0) is 43.4. The van der Waals surface area contributed by atoms with Crippen LogP contribution in [0.25, 0.3) is 0 Å². The first kappa shape index (κ1) is 63.3. The second-order valence-corrected chi connectivity index (χ2v) is 19.5. The van der Waals surface area contributed by atoms with Gasteiger partial charge in [0.15, 0.2) is 35.4 Å². The molecule has 4 unspecified atom stereocenters. The summed E-state index contributed by atoms with van der Waals surface area (Å²) in [4.78, 5) is 31.0. The topological polar surface area (TPSA) is 125 Å². The third-order valence-corrected chi connectivity index (χ3v) is 12.3. The molecule has 0 amide bonds. The minimum atomic E-state index is -0.250. The molecule has 0 N–H and O–H groups in total. The molecule has 0 aliphatic heterocycles. The molecular formula is C42H77Br2KO11S3. The van der Waals surface area contributed by atoms with E-state index in [2.05, 4.69) is 44.5 Å². The maximum Gasteiger partial charge on any atom is 1.00 e. The SMILES string of the molecule is CC(=O)SCCCOC(C)OCC1CCC(COC(C)OCCCSC(C)=O)CC1.CC(=O)[S-].CC(OCCCBr)OCC1CCC(COC(C)OCCCBr)CC1.[K+]. The molecule has 0 aromatic rings. The van der Waals surface area contributed by atoms with Crippen molar-refractivity contribution in [1.29, 1.82) is 0 Å². The Hall–Kier alpha value is 2.21. The van der Waals surface area contributed by atoms with Crippen LogP contribution in [-0.2, 0) is 64.9 Å². The van der Waals surface area contributed by atoms with Gasteiger partial charge < -0.3 is 55.3 Å². The molecule has 2 rings (SSSR count). The van der Waals surface area contributed by atoms with Crippen molar-refractivity contribution >= 4 is 83.4 Å². The van der Waals surface area contributed by atoms with E-state index in [1.807, 2.05) is 27.7 Å². The Morgan fingerprint density at radius 3 is 0.915 bits per heavy atom. The summed E-state index contributed by atoms with van der Waals surface area (Å²) in [7, 11) is 0. The van der Waals surface area contributed by atoms with Crippen LogP contribution in [0.5, 0.6) is 0 Å². The minimum Gasteiger partial charge on any atom is -0.742 e. The number of hydrogen-bond acceptors (Lipinski definition) is 14. The smallest absolute Gasteiger partial charge is 0.742 e. The predicted octanol–water partition coefficient (Wildman–Crippen LogP) is 7.10. The maximum atomic E-state index is 10.9. The summed E-state index contributed by atoms with van der Waals surface area (Å²) in [6, 6.07) is 0. The fourth-order valence-electron chi connectivity index (χ4n) is 6.06. The monoisotopic (exact) mass is 1050 g/mol. The normalized spacial score (nSPS) is 21.0. The minimum absolute atomic E-state index is 0. The number of ether oxygens (including phenoxy) is 8. The van der Waals surface area contributed by atoms with Crippen molar-refractivity contribution in [2.75, 3.05) is 75.0 Å². The van der Waals surface area contributed by atoms with Gasteiger partial charge in [0.05, 0.1) is 52.9 Å². The van der Waals surface area contributed by atoms with Gasteiger partial charge in [0.1, 0.15) is 0 Å². The van der Waals surface area contributed by atoms with Crippen LogP contribution in [0.4, 0.5) is 0 Å². The summed E-state index contributed by atoms with van der Waals surface area (Å²) in [6.07, 6.45) is 12.7. The van der Waals surface area contributed by atoms with E-state index in [1.165, 1.54) is 56.1 Å². The third-order valence-electron chi connectivity index (χ3n) is 9.35. The molecule has 2 saturated carbocycles. The molecule has 2 aliphatic rings. The van der Waals surface area contributed by atoms with Crippen LogP contribution >= 0.6 is 55.4 Å². The van der Waals surface area contributed by atoms with Gasteiger partial charge in [0.25, 0.3) is 0 Å². The van der Waals surface area contributed by atoms with E-state index >= 15 is 0 Å². The van der Waals surface area contributed by atoms with Gasteiger partial charge in [-0.25, -0.2) is 0 Å². The molecule has 11 nitrogen and oxygen atoms in total.